The van der Waals surface area contributed by atoms with E-state index in [-0.39, 0.29) is 30.7 Å². The smallest absolute Gasteiger partial charge is 0.227 e. The molecule has 3 rings (SSSR count). The van der Waals surface area contributed by atoms with Gasteiger partial charge < -0.3 is 10.0 Å². The first-order chi connectivity index (χ1) is 11.0. The Hall–Kier alpha value is -2.27. The van der Waals surface area contributed by atoms with Gasteiger partial charge in [-0.05, 0) is 48.2 Å². The lowest BCUT2D eigenvalue weighted by Gasteiger charge is -2.25. The second-order valence-corrected chi connectivity index (χ2v) is 5.99. The van der Waals surface area contributed by atoms with Gasteiger partial charge in [-0.3, -0.25) is 9.78 Å². The average molecular weight is 314 g/mol. The van der Waals surface area contributed by atoms with Crippen molar-refractivity contribution in [2.75, 3.05) is 6.54 Å². The number of aliphatic hydroxyl groups excluding tert-OH is 1. The number of aromatic nitrogens is 1. The fourth-order valence-corrected chi connectivity index (χ4v) is 3.08. The van der Waals surface area contributed by atoms with E-state index < -0.39 is 6.10 Å². The standard InChI is InChI=1S/C18H19FN2O2/c1-12-10-20-6-5-13(12)8-18(23)21-11-16(22)9-17(21)14-3-2-4-15(19)7-14/h2-7,10,16-17,22H,8-9,11H2,1H3. The van der Waals surface area contributed by atoms with Gasteiger partial charge >= 0.3 is 0 Å². The van der Waals surface area contributed by atoms with Gasteiger partial charge in [0.15, 0.2) is 0 Å². The molecule has 0 radical (unpaired) electrons. The van der Waals surface area contributed by atoms with Gasteiger partial charge in [0.2, 0.25) is 5.91 Å². The summed E-state index contributed by atoms with van der Waals surface area (Å²) < 4.78 is 13.5. The van der Waals surface area contributed by atoms with Crippen LogP contribution in [-0.4, -0.2) is 33.5 Å². The first kappa shape index (κ1) is 15.6. The molecular weight excluding hydrogens is 295 g/mol. The number of carbonyl (C=O) groups excluding carboxylic acids is 1. The van der Waals surface area contributed by atoms with E-state index in [0.29, 0.717) is 6.42 Å². The zero-order valence-electron chi connectivity index (χ0n) is 12.9. The number of aryl methyl sites for hydroxylation is 1. The number of halogens is 1. The zero-order chi connectivity index (χ0) is 16.4. The van der Waals surface area contributed by atoms with Crippen molar-refractivity contribution in [1.29, 1.82) is 0 Å². The quantitative estimate of drug-likeness (QED) is 0.946. The first-order valence-electron chi connectivity index (χ1n) is 7.67. The lowest BCUT2D eigenvalue weighted by molar-refractivity contribution is -0.131. The summed E-state index contributed by atoms with van der Waals surface area (Å²) in [5.41, 5.74) is 2.61. The molecule has 1 aromatic heterocycles. The molecule has 0 aliphatic carbocycles. The molecule has 0 bridgehead atoms. The van der Waals surface area contributed by atoms with Crippen molar-refractivity contribution >= 4 is 5.91 Å². The van der Waals surface area contributed by atoms with Crippen LogP contribution in [0.4, 0.5) is 4.39 Å². The van der Waals surface area contributed by atoms with Crippen molar-refractivity contribution in [3.8, 4) is 0 Å². The van der Waals surface area contributed by atoms with Crippen molar-refractivity contribution in [2.45, 2.75) is 31.9 Å². The third kappa shape index (κ3) is 3.40. The number of β-amino-alcohol motifs (C(OH)–C–C–N with tert-alkyl or cyclic N) is 1. The SMILES string of the molecule is Cc1cnccc1CC(=O)N1CC(O)CC1c1cccc(F)c1. The third-order valence-electron chi connectivity index (χ3n) is 4.31. The zero-order valence-corrected chi connectivity index (χ0v) is 12.9. The molecule has 120 valence electrons. The van der Waals surface area contributed by atoms with E-state index >= 15 is 0 Å². The van der Waals surface area contributed by atoms with Crippen molar-refractivity contribution in [1.82, 2.24) is 9.88 Å². The van der Waals surface area contributed by atoms with E-state index in [1.54, 1.807) is 29.4 Å². The molecule has 4 nitrogen and oxygen atoms in total. The molecule has 1 aliphatic heterocycles. The monoisotopic (exact) mass is 314 g/mol. The Bertz CT molecular complexity index is 720. The number of nitrogens with zero attached hydrogens (tertiary/aromatic N) is 2. The average Bonchev–Trinajstić information content (AvgIpc) is 2.92. The van der Waals surface area contributed by atoms with Crippen molar-refractivity contribution in [3.05, 3.63) is 65.2 Å². The lowest BCUT2D eigenvalue weighted by Crippen LogP contribution is -2.33. The molecule has 2 aromatic rings. The number of aliphatic hydroxyl groups is 1. The van der Waals surface area contributed by atoms with Gasteiger partial charge in [0.25, 0.3) is 0 Å². The number of pyridine rings is 1. The Morgan fingerprint density at radius 1 is 1.43 bits per heavy atom. The molecule has 23 heavy (non-hydrogen) atoms. The molecule has 0 spiro atoms. The van der Waals surface area contributed by atoms with Gasteiger partial charge in [-0.25, -0.2) is 4.39 Å². The molecule has 1 aromatic carbocycles. The van der Waals surface area contributed by atoms with Crippen molar-refractivity contribution in [2.24, 2.45) is 0 Å². The maximum Gasteiger partial charge on any atom is 0.227 e. The number of benzene rings is 1. The highest BCUT2D eigenvalue weighted by Gasteiger charge is 2.35. The first-order valence-corrected chi connectivity index (χ1v) is 7.67. The highest BCUT2D eigenvalue weighted by molar-refractivity contribution is 5.80. The molecule has 1 amide bonds. The lowest BCUT2D eigenvalue weighted by atomic mass is 10.0. The molecule has 2 unspecified atom stereocenters. The maximum absolute atomic E-state index is 13.5. The Morgan fingerprint density at radius 3 is 3.00 bits per heavy atom. The summed E-state index contributed by atoms with van der Waals surface area (Å²) in [5, 5.41) is 9.97. The number of hydrogen-bond acceptors (Lipinski definition) is 3. The van der Waals surface area contributed by atoms with Gasteiger partial charge in [0.05, 0.1) is 18.6 Å². The fraction of sp³-hybridized carbons (Fsp3) is 0.333. The predicted octanol–water partition coefficient (Wildman–Crippen LogP) is 2.41. The maximum atomic E-state index is 13.5. The minimum atomic E-state index is -0.578. The summed E-state index contributed by atoms with van der Waals surface area (Å²) in [7, 11) is 0. The van der Waals surface area contributed by atoms with Crippen LogP contribution in [0.1, 0.15) is 29.2 Å². The van der Waals surface area contributed by atoms with E-state index in [9.17, 15) is 14.3 Å². The van der Waals surface area contributed by atoms with E-state index in [4.69, 9.17) is 0 Å². The molecule has 5 heteroatoms. The summed E-state index contributed by atoms with van der Waals surface area (Å²) in [4.78, 5) is 18.4. The van der Waals surface area contributed by atoms with E-state index in [2.05, 4.69) is 4.98 Å². The highest BCUT2D eigenvalue weighted by atomic mass is 19.1. The molecule has 0 saturated carbocycles. The Labute approximate surface area is 134 Å². The van der Waals surface area contributed by atoms with Crippen molar-refractivity contribution < 1.29 is 14.3 Å². The highest BCUT2D eigenvalue weighted by Crippen LogP contribution is 2.33. The summed E-state index contributed by atoms with van der Waals surface area (Å²) >= 11 is 0. The van der Waals surface area contributed by atoms with Gasteiger partial charge in [-0.1, -0.05) is 12.1 Å². The second-order valence-electron chi connectivity index (χ2n) is 5.99. The van der Waals surface area contributed by atoms with Crippen LogP contribution in [0.3, 0.4) is 0 Å². The Morgan fingerprint density at radius 2 is 2.26 bits per heavy atom. The molecular formula is C18H19FN2O2. The van der Waals surface area contributed by atoms with Crippen LogP contribution in [0.25, 0.3) is 0 Å². The predicted molar refractivity (Wildman–Crippen MR) is 84.2 cm³/mol. The molecule has 1 N–H and O–H groups in total. The Balaban J connectivity index is 1.82. The molecule has 1 fully saturated rings. The number of hydrogen-bond donors (Lipinski definition) is 1. The van der Waals surface area contributed by atoms with Crippen LogP contribution in [-0.2, 0) is 11.2 Å². The molecule has 1 aliphatic rings. The van der Waals surface area contributed by atoms with Gasteiger partial charge in [0, 0.05) is 18.9 Å². The van der Waals surface area contributed by atoms with Crippen LogP contribution < -0.4 is 0 Å². The normalized spacial score (nSPS) is 20.7. The number of rotatable bonds is 3. The van der Waals surface area contributed by atoms with Gasteiger partial charge in [-0.15, -0.1) is 0 Å². The van der Waals surface area contributed by atoms with Gasteiger partial charge in [-0.2, -0.15) is 0 Å². The number of amides is 1. The third-order valence-corrected chi connectivity index (χ3v) is 4.31. The largest absolute Gasteiger partial charge is 0.391 e. The summed E-state index contributed by atoms with van der Waals surface area (Å²) in [6.07, 6.45) is 3.51. The van der Waals surface area contributed by atoms with E-state index in [0.717, 1.165) is 16.7 Å². The summed E-state index contributed by atoms with van der Waals surface area (Å²) in [6.45, 7) is 2.20. The molecule has 1 saturated heterocycles. The molecule has 2 heterocycles. The van der Waals surface area contributed by atoms with Crippen LogP contribution in [0.2, 0.25) is 0 Å². The Kier molecular flexibility index (Phi) is 4.39. The van der Waals surface area contributed by atoms with Crippen LogP contribution in [0.15, 0.2) is 42.7 Å². The second kappa shape index (κ2) is 6.46. The number of likely N-dealkylation sites (tertiary alicyclic amines) is 1. The number of carbonyl (C=O) groups is 1. The van der Waals surface area contributed by atoms with Crippen LogP contribution in [0.5, 0.6) is 0 Å². The van der Waals surface area contributed by atoms with Crippen LogP contribution >= 0.6 is 0 Å². The minimum Gasteiger partial charge on any atom is -0.391 e. The van der Waals surface area contributed by atoms with Crippen LogP contribution in [0, 0.1) is 12.7 Å². The molecule has 2 atom stereocenters. The van der Waals surface area contributed by atoms with Crippen molar-refractivity contribution in [3.63, 3.8) is 0 Å². The minimum absolute atomic E-state index is 0.0647. The van der Waals surface area contributed by atoms with E-state index in [1.165, 1.54) is 12.1 Å². The summed E-state index contributed by atoms with van der Waals surface area (Å²) in [5.74, 6) is -0.397. The summed E-state index contributed by atoms with van der Waals surface area (Å²) in [6, 6.07) is 7.78. The van der Waals surface area contributed by atoms with E-state index in [1.807, 2.05) is 13.0 Å². The fourth-order valence-electron chi connectivity index (χ4n) is 3.08. The topological polar surface area (TPSA) is 53.4 Å². The van der Waals surface area contributed by atoms with Gasteiger partial charge in [0.1, 0.15) is 5.82 Å².